The van der Waals surface area contributed by atoms with Crippen molar-refractivity contribution in [3.63, 3.8) is 0 Å². The highest BCUT2D eigenvalue weighted by molar-refractivity contribution is 7.90. The lowest BCUT2D eigenvalue weighted by molar-refractivity contribution is -0.123. The number of fused-ring (bicyclic) bond motifs is 1. The molecule has 0 unspecified atom stereocenters. The maximum atomic E-state index is 12.8. The van der Waals surface area contributed by atoms with Gasteiger partial charge in [-0.1, -0.05) is 44.2 Å². The number of sulfonamides is 1. The van der Waals surface area contributed by atoms with Crippen molar-refractivity contribution in [2.75, 3.05) is 5.75 Å². The van der Waals surface area contributed by atoms with Crippen LogP contribution in [0.1, 0.15) is 38.7 Å². The van der Waals surface area contributed by atoms with Gasteiger partial charge in [0.25, 0.3) is 5.91 Å². The summed E-state index contributed by atoms with van der Waals surface area (Å²) in [7, 11) is -3.53. The van der Waals surface area contributed by atoms with Crippen LogP contribution in [0.3, 0.4) is 0 Å². The van der Waals surface area contributed by atoms with Crippen molar-refractivity contribution in [2.45, 2.75) is 39.2 Å². The molecule has 3 atom stereocenters. The molecule has 128 valence electrons. The number of hydrogen-bond acceptors (Lipinski definition) is 3. The summed E-state index contributed by atoms with van der Waals surface area (Å²) in [6.45, 7) is 4.38. The van der Waals surface area contributed by atoms with Gasteiger partial charge in [-0.15, -0.1) is 0 Å². The summed E-state index contributed by atoms with van der Waals surface area (Å²) < 4.78 is 26.7. The van der Waals surface area contributed by atoms with Gasteiger partial charge in [0.05, 0.1) is 11.8 Å². The molecule has 1 saturated heterocycles. The van der Waals surface area contributed by atoms with E-state index >= 15 is 0 Å². The SMILES string of the molecule is CC1(C)[C@H]2CC[C@@]13CS(=O)(=O)N(C(=O)/C=C/c1ccccc1)[C@H]3C2. The quantitative estimate of drug-likeness (QED) is 0.774. The smallest absolute Gasteiger partial charge is 0.260 e. The van der Waals surface area contributed by atoms with E-state index in [0.29, 0.717) is 5.92 Å². The Balaban J connectivity index is 1.66. The largest absolute Gasteiger partial charge is 0.269 e. The third kappa shape index (κ3) is 1.97. The van der Waals surface area contributed by atoms with Gasteiger partial charge in [0, 0.05) is 11.5 Å². The summed E-state index contributed by atoms with van der Waals surface area (Å²) in [4.78, 5) is 12.7. The molecule has 1 spiro atoms. The van der Waals surface area contributed by atoms with Gasteiger partial charge in [-0.05, 0) is 42.2 Å². The Hall–Kier alpha value is -1.62. The molecule has 0 radical (unpaired) electrons. The first-order chi connectivity index (χ1) is 11.3. The van der Waals surface area contributed by atoms with Crippen molar-refractivity contribution >= 4 is 22.0 Å². The van der Waals surface area contributed by atoms with Gasteiger partial charge in [0.2, 0.25) is 10.0 Å². The summed E-state index contributed by atoms with van der Waals surface area (Å²) in [6, 6.07) is 9.32. The summed E-state index contributed by atoms with van der Waals surface area (Å²) in [5.41, 5.74) is 0.626. The van der Waals surface area contributed by atoms with Gasteiger partial charge in [-0.3, -0.25) is 4.79 Å². The monoisotopic (exact) mass is 345 g/mol. The standard InChI is InChI=1S/C19H23NO3S/c1-18(2)15-10-11-19(18)13-24(22,23)20(16(19)12-15)17(21)9-8-14-6-4-3-5-7-14/h3-9,15-16H,10-13H2,1-2H3/b9-8+/t15-,16-,19-/m0/s1. The number of hydrogen-bond donors (Lipinski definition) is 0. The van der Waals surface area contributed by atoms with E-state index in [2.05, 4.69) is 13.8 Å². The number of nitrogens with zero attached hydrogens (tertiary/aromatic N) is 1. The molecule has 1 heterocycles. The Bertz CT molecular complexity index is 812. The maximum Gasteiger partial charge on any atom is 0.260 e. The third-order valence-electron chi connectivity index (χ3n) is 6.85. The van der Waals surface area contributed by atoms with E-state index in [1.54, 1.807) is 6.08 Å². The number of carbonyl (C=O) groups is 1. The van der Waals surface area contributed by atoms with Crippen LogP contribution in [0.5, 0.6) is 0 Å². The van der Waals surface area contributed by atoms with Gasteiger partial charge >= 0.3 is 0 Å². The molecule has 3 aliphatic rings. The summed E-state index contributed by atoms with van der Waals surface area (Å²) in [6.07, 6.45) is 5.92. The molecular weight excluding hydrogens is 322 g/mol. The van der Waals surface area contributed by atoms with E-state index in [1.165, 1.54) is 10.4 Å². The molecule has 1 aliphatic heterocycles. The van der Waals surface area contributed by atoms with Crippen LogP contribution < -0.4 is 0 Å². The van der Waals surface area contributed by atoms with Crippen molar-refractivity contribution in [1.29, 1.82) is 0 Å². The number of rotatable bonds is 2. The molecular formula is C19H23NO3S. The second-order valence-electron chi connectivity index (χ2n) is 8.00. The van der Waals surface area contributed by atoms with E-state index in [0.717, 1.165) is 24.8 Å². The van der Waals surface area contributed by atoms with Gasteiger partial charge in [-0.2, -0.15) is 0 Å². The van der Waals surface area contributed by atoms with E-state index in [-0.39, 0.29) is 22.6 Å². The Morgan fingerprint density at radius 2 is 1.96 bits per heavy atom. The van der Waals surface area contributed by atoms with E-state index in [1.807, 2.05) is 30.3 Å². The first kappa shape index (κ1) is 15.9. The lowest BCUT2D eigenvalue weighted by atomic mass is 9.69. The molecule has 1 amide bonds. The highest BCUT2D eigenvalue weighted by atomic mass is 32.2. The normalized spacial score (nSPS) is 35.5. The van der Waals surface area contributed by atoms with Crippen LogP contribution in [-0.4, -0.2) is 30.4 Å². The van der Waals surface area contributed by atoms with Gasteiger partial charge in [0.1, 0.15) is 0 Å². The second-order valence-corrected chi connectivity index (χ2v) is 9.85. The Kier molecular flexibility index (Phi) is 3.27. The molecule has 0 aromatic heterocycles. The molecule has 1 aromatic carbocycles. The lowest BCUT2D eigenvalue weighted by Gasteiger charge is -2.36. The van der Waals surface area contributed by atoms with Crippen LogP contribution in [-0.2, 0) is 14.8 Å². The third-order valence-corrected chi connectivity index (χ3v) is 8.76. The molecule has 4 rings (SSSR count). The van der Waals surface area contributed by atoms with Crippen molar-refractivity contribution in [3.8, 4) is 0 Å². The lowest BCUT2D eigenvalue weighted by Crippen LogP contribution is -2.43. The van der Waals surface area contributed by atoms with Crippen molar-refractivity contribution in [3.05, 3.63) is 42.0 Å². The number of carbonyl (C=O) groups excluding carboxylic acids is 1. The fraction of sp³-hybridized carbons (Fsp3) is 0.526. The van der Waals surface area contributed by atoms with Crippen LogP contribution in [0, 0.1) is 16.7 Å². The summed E-state index contributed by atoms with van der Waals surface area (Å²) >= 11 is 0. The molecule has 1 aromatic rings. The van der Waals surface area contributed by atoms with E-state index < -0.39 is 15.9 Å². The van der Waals surface area contributed by atoms with Crippen LogP contribution >= 0.6 is 0 Å². The van der Waals surface area contributed by atoms with Crippen molar-refractivity contribution in [2.24, 2.45) is 16.7 Å². The predicted octanol–water partition coefficient (Wildman–Crippen LogP) is 3.07. The minimum atomic E-state index is -3.53. The van der Waals surface area contributed by atoms with Crippen LogP contribution in [0.25, 0.3) is 6.08 Å². The van der Waals surface area contributed by atoms with Crippen molar-refractivity contribution < 1.29 is 13.2 Å². The zero-order chi connectivity index (χ0) is 17.2. The second kappa shape index (κ2) is 4.94. The van der Waals surface area contributed by atoms with E-state index in [4.69, 9.17) is 0 Å². The minimum absolute atomic E-state index is 0.0110. The number of amides is 1. The van der Waals surface area contributed by atoms with E-state index in [9.17, 15) is 13.2 Å². The van der Waals surface area contributed by atoms with Crippen molar-refractivity contribution in [1.82, 2.24) is 4.31 Å². The number of benzene rings is 1. The average molecular weight is 345 g/mol. The molecule has 2 saturated carbocycles. The van der Waals surface area contributed by atoms with Gasteiger partial charge in [-0.25, -0.2) is 12.7 Å². The molecule has 3 fully saturated rings. The molecule has 0 N–H and O–H groups in total. The Labute approximate surface area is 143 Å². The van der Waals surface area contributed by atoms with Gasteiger partial charge < -0.3 is 0 Å². The van der Waals surface area contributed by atoms with Gasteiger partial charge in [0.15, 0.2) is 0 Å². The topological polar surface area (TPSA) is 54.5 Å². The molecule has 2 bridgehead atoms. The highest BCUT2D eigenvalue weighted by Crippen LogP contribution is 2.69. The maximum absolute atomic E-state index is 12.8. The first-order valence-electron chi connectivity index (χ1n) is 8.57. The fourth-order valence-corrected chi connectivity index (χ4v) is 7.89. The van der Waals surface area contributed by atoms with Crippen LogP contribution in [0.4, 0.5) is 0 Å². The molecule has 24 heavy (non-hydrogen) atoms. The molecule has 5 heteroatoms. The van der Waals surface area contributed by atoms with Crippen LogP contribution in [0.2, 0.25) is 0 Å². The fourth-order valence-electron chi connectivity index (χ4n) is 5.38. The Morgan fingerprint density at radius 3 is 2.62 bits per heavy atom. The first-order valence-corrected chi connectivity index (χ1v) is 10.2. The molecule has 2 aliphatic carbocycles. The Morgan fingerprint density at radius 1 is 1.25 bits per heavy atom. The predicted molar refractivity (Wildman–Crippen MR) is 93.5 cm³/mol. The molecule has 4 nitrogen and oxygen atoms in total. The zero-order valence-electron chi connectivity index (χ0n) is 14.1. The van der Waals surface area contributed by atoms with Crippen LogP contribution in [0.15, 0.2) is 36.4 Å². The average Bonchev–Trinajstić information content (AvgIpc) is 3.01. The highest BCUT2D eigenvalue weighted by Gasteiger charge is 2.72. The minimum Gasteiger partial charge on any atom is -0.269 e. The summed E-state index contributed by atoms with van der Waals surface area (Å²) in [5, 5.41) is 0. The zero-order valence-corrected chi connectivity index (χ0v) is 14.9. The summed E-state index contributed by atoms with van der Waals surface area (Å²) in [5.74, 6) is 0.245.